The topological polar surface area (TPSA) is 66.8 Å². The second-order valence-electron chi connectivity index (χ2n) is 9.86. The summed E-state index contributed by atoms with van der Waals surface area (Å²) < 4.78 is 21.4. The van der Waals surface area contributed by atoms with Gasteiger partial charge in [-0.2, -0.15) is 0 Å². The van der Waals surface area contributed by atoms with E-state index in [1.165, 1.54) is 28.3 Å². The zero-order valence-electron chi connectivity index (χ0n) is 18.9. The van der Waals surface area contributed by atoms with E-state index < -0.39 is 23.7 Å². The second-order valence-corrected chi connectivity index (χ2v) is 10.9. The molecule has 3 fully saturated rings. The average Bonchev–Trinajstić information content (AvgIpc) is 3.46. The smallest absolute Gasteiger partial charge is 0.327 e. The van der Waals surface area contributed by atoms with Crippen LogP contribution in [-0.4, -0.2) is 46.2 Å². The Labute approximate surface area is 193 Å². The fourth-order valence-electron chi connectivity index (χ4n) is 5.27. The fraction of sp³-hybridized carbons (Fsp3) is 0.600. The van der Waals surface area contributed by atoms with Gasteiger partial charge in [-0.3, -0.25) is 4.79 Å². The summed E-state index contributed by atoms with van der Waals surface area (Å²) in [5.74, 6) is -0.352. The number of thioether (sulfide) groups is 1. The van der Waals surface area contributed by atoms with Gasteiger partial charge in [0.05, 0.1) is 18.0 Å². The molecule has 3 atom stereocenters. The molecule has 1 aliphatic heterocycles. The fourth-order valence-corrected chi connectivity index (χ4v) is 6.41. The third-order valence-corrected chi connectivity index (χ3v) is 8.11. The van der Waals surface area contributed by atoms with E-state index in [9.17, 15) is 14.7 Å². The molecular weight excluding hydrogens is 429 g/mol. The van der Waals surface area contributed by atoms with Crippen LogP contribution in [-0.2, 0) is 4.79 Å². The summed E-state index contributed by atoms with van der Waals surface area (Å²) >= 11 is 1.37. The number of carboxylic acids is 1. The number of hydrogen-bond donors (Lipinski definition) is 1. The molecule has 2 unspecified atom stereocenters. The molecule has 1 aromatic rings. The van der Waals surface area contributed by atoms with Gasteiger partial charge in [-0.15, -0.1) is 11.8 Å². The van der Waals surface area contributed by atoms with Gasteiger partial charge in [0.15, 0.2) is 0 Å². The quantitative estimate of drug-likeness (QED) is 0.547. The Balaban J connectivity index is 1.58. The van der Waals surface area contributed by atoms with E-state index in [1.54, 1.807) is 6.07 Å². The number of aliphatic carboxylic acids is 1. The van der Waals surface area contributed by atoms with Crippen LogP contribution in [0, 0.1) is 17.2 Å². The van der Waals surface area contributed by atoms with Crippen LogP contribution in [0.4, 0.5) is 4.39 Å². The molecule has 1 amide bonds. The van der Waals surface area contributed by atoms with Crippen molar-refractivity contribution in [1.82, 2.24) is 4.90 Å². The monoisotopic (exact) mass is 461 g/mol. The van der Waals surface area contributed by atoms with Crippen molar-refractivity contribution in [3.63, 3.8) is 0 Å². The first kappa shape index (κ1) is 23.1. The Bertz CT molecular complexity index is 931. The van der Waals surface area contributed by atoms with Crippen molar-refractivity contribution in [2.45, 2.75) is 64.3 Å². The molecule has 0 bridgehead atoms. The Morgan fingerprint density at radius 2 is 2.12 bits per heavy atom. The minimum atomic E-state index is -1.06. The van der Waals surface area contributed by atoms with E-state index in [2.05, 4.69) is 20.4 Å². The van der Waals surface area contributed by atoms with Gasteiger partial charge in [-0.05, 0) is 62.0 Å². The number of carboxylic acid groups (broad SMARTS) is 1. The Morgan fingerprint density at radius 3 is 2.75 bits per heavy atom. The molecule has 1 aromatic carbocycles. The van der Waals surface area contributed by atoms with Crippen molar-refractivity contribution >= 4 is 23.6 Å². The molecule has 5 nitrogen and oxygen atoms in total. The van der Waals surface area contributed by atoms with E-state index in [-0.39, 0.29) is 22.8 Å². The van der Waals surface area contributed by atoms with Crippen LogP contribution in [0.2, 0.25) is 0 Å². The molecule has 2 saturated carbocycles. The summed E-state index contributed by atoms with van der Waals surface area (Å²) in [5.41, 5.74) is 2.06. The van der Waals surface area contributed by atoms with Gasteiger partial charge in [-0.25, -0.2) is 9.18 Å². The molecule has 7 heteroatoms. The van der Waals surface area contributed by atoms with E-state index >= 15 is 4.39 Å². The highest BCUT2D eigenvalue weighted by Gasteiger charge is 2.39. The first-order chi connectivity index (χ1) is 15.2. The highest BCUT2D eigenvalue weighted by molar-refractivity contribution is 7.99. The SMILES string of the molecule is C=C1CC(C)CC(CC)(COc2cc(F)c(C(=O)N3CSC[C@@H]3C(=O)O)cc2C2CC2)C1. The molecule has 0 aromatic heterocycles. The summed E-state index contributed by atoms with van der Waals surface area (Å²) in [7, 11) is 0. The van der Waals surface area contributed by atoms with Crippen LogP contribution in [0.15, 0.2) is 24.3 Å². The number of hydrogen-bond acceptors (Lipinski definition) is 4. The third-order valence-electron chi connectivity index (χ3n) is 7.10. The van der Waals surface area contributed by atoms with Gasteiger partial charge >= 0.3 is 5.97 Å². The molecule has 2 aliphatic carbocycles. The molecule has 32 heavy (non-hydrogen) atoms. The minimum Gasteiger partial charge on any atom is -0.493 e. The number of benzene rings is 1. The van der Waals surface area contributed by atoms with Crippen LogP contribution in [0.1, 0.15) is 74.2 Å². The predicted molar refractivity (Wildman–Crippen MR) is 124 cm³/mol. The highest BCUT2D eigenvalue weighted by atomic mass is 32.2. The van der Waals surface area contributed by atoms with Crippen molar-refractivity contribution in [1.29, 1.82) is 0 Å². The lowest BCUT2D eigenvalue weighted by Gasteiger charge is -2.40. The lowest BCUT2D eigenvalue weighted by molar-refractivity contribution is -0.140. The number of amides is 1. The van der Waals surface area contributed by atoms with Gasteiger partial charge in [0, 0.05) is 17.2 Å². The molecule has 0 spiro atoms. The number of ether oxygens (including phenoxy) is 1. The number of nitrogens with zero attached hydrogens (tertiary/aromatic N) is 1. The van der Waals surface area contributed by atoms with Gasteiger partial charge in [0.25, 0.3) is 5.91 Å². The average molecular weight is 462 g/mol. The highest BCUT2D eigenvalue weighted by Crippen LogP contribution is 2.48. The van der Waals surface area contributed by atoms with Crippen molar-refractivity contribution in [2.75, 3.05) is 18.2 Å². The van der Waals surface area contributed by atoms with Crippen LogP contribution in [0.5, 0.6) is 5.75 Å². The lowest BCUT2D eigenvalue weighted by atomic mass is 9.67. The Morgan fingerprint density at radius 1 is 1.38 bits per heavy atom. The maximum atomic E-state index is 15.1. The molecule has 4 rings (SSSR count). The van der Waals surface area contributed by atoms with Gasteiger partial charge < -0.3 is 14.7 Å². The molecular formula is C25H32FNO4S. The van der Waals surface area contributed by atoms with E-state index in [0.717, 1.165) is 44.1 Å². The molecule has 3 aliphatic rings. The predicted octanol–water partition coefficient (Wildman–Crippen LogP) is 5.45. The summed E-state index contributed by atoms with van der Waals surface area (Å²) in [6.45, 7) is 9.14. The number of rotatable bonds is 7. The lowest BCUT2D eigenvalue weighted by Crippen LogP contribution is -2.42. The molecule has 0 radical (unpaired) electrons. The third kappa shape index (κ3) is 4.68. The number of carbonyl (C=O) groups excluding carboxylic acids is 1. The number of carbonyl (C=O) groups is 2. The number of halogens is 1. The summed E-state index contributed by atoms with van der Waals surface area (Å²) in [4.78, 5) is 25.8. The van der Waals surface area contributed by atoms with E-state index in [1.807, 2.05) is 0 Å². The molecule has 1 heterocycles. The van der Waals surface area contributed by atoms with Crippen molar-refractivity contribution in [3.8, 4) is 5.75 Å². The van der Waals surface area contributed by atoms with Crippen LogP contribution < -0.4 is 4.74 Å². The second kappa shape index (κ2) is 9.08. The summed E-state index contributed by atoms with van der Waals surface area (Å²) in [6, 6.07) is 2.02. The van der Waals surface area contributed by atoms with Crippen LogP contribution >= 0.6 is 11.8 Å². The van der Waals surface area contributed by atoms with Crippen LogP contribution in [0.3, 0.4) is 0 Å². The van der Waals surface area contributed by atoms with Gasteiger partial charge in [-0.1, -0.05) is 26.0 Å². The maximum Gasteiger partial charge on any atom is 0.327 e. The molecule has 174 valence electrons. The zero-order chi connectivity index (χ0) is 23.0. The normalized spacial score (nSPS) is 28.1. The Kier molecular flexibility index (Phi) is 6.57. The van der Waals surface area contributed by atoms with Crippen molar-refractivity contribution < 1.29 is 23.8 Å². The zero-order valence-corrected chi connectivity index (χ0v) is 19.7. The Hall–Kier alpha value is -2.02. The van der Waals surface area contributed by atoms with E-state index in [4.69, 9.17) is 4.74 Å². The summed E-state index contributed by atoms with van der Waals surface area (Å²) in [6.07, 6.45) is 5.97. The largest absolute Gasteiger partial charge is 0.493 e. The van der Waals surface area contributed by atoms with Crippen molar-refractivity contribution in [3.05, 3.63) is 41.2 Å². The molecule has 1 N–H and O–H groups in total. The van der Waals surface area contributed by atoms with E-state index in [0.29, 0.717) is 24.0 Å². The number of allylic oxidation sites excluding steroid dienone is 1. The van der Waals surface area contributed by atoms with Crippen LogP contribution in [0.25, 0.3) is 0 Å². The van der Waals surface area contributed by atoms with Crippen molar-refractivity contribution in [2.24, 2.45) is 11.3 Å². The van der Waals surface area contributed by atoms with Gasteiger partial charge in [0.1, 0.15) is 17.6 Å². The molecule has 1 saturated heterocycles. The van der Waals surface area contributed by atoms with Gasteiger partial charge in [0.2, 0.25) is 0 Å². The summed E-state index contributed by atoms with van der Waals surface area (Å²) in [5, 5.41) is 9.40. The minimum absolute atomic E-state index is 0.00201. The maximum absolute atomic E-state index is 15.1. The first-order valence-electron chi connectivity index (χ1n) is 11.5. The standard InChI is InChI=1S/C25H32FNO4S/c1-4-25(10-15(2)7-16(3)11-25)13-31-22-9-20(26)19(8-18(22)17-5-6-17)23(28)27-14-32-12-21(27)24(29)30/h8-9,16-17,21H,2,4-7,10-14H2,1,3H3,(H,29,30)/t16?,21-,25?/m1/s1. The first-order valence-corrected chi connectivity index (χ1v) is 12.6.